The molecule has 0 saturated carbocycles. The van der Waals surface area contributed by atoms with Crippen molar-refractivity contribution in [1.29, 1.82) is 0 Å². The summed E-state index contributed by atoms with van der Waals surface area (Å²) in [7, 11) is 0. The maximum Gasteiger partial charge on any atom is 0.261 e. The Kier molecular flexibility index (Phi) is 4.97. The molecule has 3 heterocycles. The van der Waals surface area contributed by atoms with Crippen LogP contribution in [0.3, 0.4) is 0 Å². The van der Waals surface area contributed by atoms with E-state index < -0.39 is 6.04 Å². The van der Waals surface area contributed by atoms with E-state index in [0.29, 0.717) is 37.8 Å². The Balaban J connectivity index is 1.54. The van der Waals surface area contributed by atoms with Crippen molar-refractivity contribution in [2.24, 2.45) is 0 Å². The normalized spacial score (nSPS) is 18.9. The van der Waals surface area contributed by atoms with Crippen LogP contribution in [0, 0.1) is 12.7 Å². The number of aryl methyl sites for hydroxylation is 1. The molecule has 0 aliphatic carbocycles. The zero-order chi connectivity index (χ0) is 19.7. The lowest BCUT2D eigenvalue weighted by Gasteiger charge is -2.36. The van der Waals surface area contributed by atoms with E-state index in [-0.39, 0.29) is 24.2 Å². The SMILES string of the molecule is Cc1nnc2n1CCN(C(=O)COc1ccc(F)cc1)C2C(=O)N1CCCC1. The van der Waals surface area contributed by atoms with Gasteiger partial charge in [0.15, 0.2) is 18.5 Å². The number of carbonyl (C=O) groups is 2. The van der Waals surface area contributed by atoms with Crippen molar-refractivity contribution in [3.63, 3.8) is 0 Å². The Labute approximate surface area is 161 Å². The molecule has 0 N–H and O–H groups in total. The molecule has 0 spiro atoms. The van der Waals surface area contributed by atoms with E-state index in [1.54, 1.807) is 4.90 Å². The fourth-order valence-corrected chi connectivity index (χ4v) is 3.73. The molecule has 1 aromatic carbocycles. The zero-order valence-electron chi connectivity index (χ0n) is 15.7. The smallest absolute Gasteiger partial charge is 0.261 e. The van der Waals surface area contributed by atoms with Crippen molar-refractivity contribution in [2.75, 3.05) is 26.2 Å². The summed E-state index contributed by atoms with van der Waals surface area (Å²) in [5.41, 5.74) is 0. The summed E-state index contributed by atoms with van der Waals surface area (Å²) in [6, 6.07) is 4.67. The van der Waals surface area contributed by atoms with Crippen LogP contribution in [0.4, 0.5) is 4.39 Å². The Bertz CT molecular complexity index is 876. The highest BCUT2D eigenvalue weighted by molar-refractivity contribution is 5.89. The van der Waals surface area contributed by atoms with Gasteiger partial charge in [0.25, 0.3) is 11.8 Å². The average Bonchev–Trinajstić information content (AvgIpc) is 3.36. The van der Waals surface area contributed by atoms with Gasteiger partial charge in [-0.15, -0.1) is 10.2 Å². The second kappa shape index (κ2) is 7.57. The van der Waals surface area contributed by atoms with Gasteiger partial charge in [0, 0.05) is 26.2 Å². The molecular formula is C19H22FN5O3. The minimum absolute atomic E-state index is 0.124. The molecule has 148 valence electrons. The Morgan fingerprint density at radius 1 is 1.11 bits per heavy atom. The first-order valence-corrected chi connectivity index (χ1v) is 9.41. The van der Waals surface area contributed by atoms with Gasteiger partial charge in [0.05, 0.1) is 0 Å². The first-order chi connectivity index (χ1) is 13.5. The molecular weight excluding hydrogens is 365 g/mol. The second-order valence-electron chi connectivity index (χ2n) is 7.02. The third-order valence-electron chi connectivity index (χ3n) is 5.23. The van der Waals surface area contributed by atoms with Gasteiger partial charge in [0.1, 0.15) is 17.4 Å². The van der Waals surface area contributed by atoms with E-state index in [1.165, 1.54) is 29.2 Å². The van der Waals surface area contributed by atoms with E-state index in [1.807, 2.05) is 11.5 Å². The first-order valence-electron chi connectivity index (χ1n) is 9.41. The van der Waals surface area contributed by atoms with Crippen LogP contribution in [0.15, 0.2) is 24.3 Å². The number of amides is 2. The second-order valence-corrected chi connectivity index (χ2v) is 7.02. The lowest BCUT2D eigenvalue weighted by molar-refractivity contribution is -0.148. The summed E-state index contributed by atoms with van der Waals surface area (Å²) in [4.78, 5) is 29.4. The first kappa shape index (κ1) is 18.4. The Morgan fingerprint density at radius 3 is 2.54 bits per heavy atom. The standard InChI is InChI=1S/C19H22FN5O3/c1-13-21-22-18-17(19(27)23-8-2-3-9-23)25(11-10-24(13)18)16(26)12-28-15-6-4-14(20)5-7-15/h4-7,17H,2-3,8-12H2,1H3. The highest BCUT2D eigenvalue weighted by Gasteiger charge is 2.41. The number of rotatable bonds is 4. The molecule has 2 amide bonds. The fourth-order valence-electron chi connectivity index (χ4n) is 3.73. The number of hydrogen-bond donors (Lipinski definition) is 0. The van der Waals surface area contributed by atoms with Crippen molar-refractivity contribution >= 4 is 11.8 Å². The summed E-state index contributed by atoms with van der Waals surface area (Å²) in [5, 5.41) is 8.27. The summed E-state index contributed by atoms with van der Waals surface area (Å²) < 4.78 is 20.4. The molecule has 1 unspecified atom stereocenters. The van der Waals surface area contributed by atoms with Crippen LogP contribution in [-0.2, 0) is 16.1 Å². The minimum Gasteiger partial charge on any atom is -0.484 e. The molecule has 28 heavy (non-hydrogen) atoms. The van der Waals surface area contributed by atoms with Gasteiger partial charge in [-0.1, -0.05) is 0 Å². The summed E-state index contributed by atoms with van der Waals surface area (Å²) in [6.07, 6.45) is 1.93. The third-order valence-corrected chi connectivity index (χ3v) is 5.23. The van der Waals surface area contributed by atoms with Crippen LogP contribution in [0.1, 0.15) is 30.5 Å². The lowest BCUT2D eigenvalue weighted by atomic mass is 10.1. The van der Waals surface area contributed by atoms with Gasteiger partial charge in [-0.05, 0) is 44.0 Å². The van der Waals surface area contributed by atoms with Gasteiger partial charge in [-0.2, -0.15) is 0 Å². The van der Waals surface area contributed by atoms with Gasteiger partial charge in [0.2, 0.25) is 0 Å². The monoisotopic (exact) mass is 387 g/mol. The molecule has 1 fully saturated rings. The minimum atomic E-state index is -0.794. The van der Waals surface area contributed by atoms with Crippen LogP contribution < -0.4 is 4.74 Å². The van der Waals surface area contributed by atoms with Crippen molar-refractivity contribution in [2.45, 2.75) is 32.4 Å². The summed E-state index contributed by atoms with van der Waals surface area (Å²) >= 11 is 0. The molecule has 2 aliphatic heterocycles. The maximum atomic E-state index is 13.2. The molecule has 2 aliphatic rings. The van der Waals surface area contributed by atoms with Crippen LogP contribution in [0.2, 0.25) is 0 Å². The molecule has 4 rings (SSSR count). The van der Waals surface area contributed by atoms with E-state index in [4.69, 9.17) is 4.74 Å². The van der Waals surface area contributed by atoms with Gasteiger partial charge >= 0.3 is 0 Å². The average molecular weight is 387 g/mol. The number of likely N-dealkylation sites (tertiary alicyclic amines) is 1. The molecule has 0 bridgehead atoms. The predicted octanol–water partition coefficient (Wildman–Crippen LogP) is 1.31. The zero-order valence-corrected chi connectivity index (χ0v) is 15.7. The number of aromatic nitrogens is 3. The molecule has 2 aromatic rings. The number of carbonyl (C=O) groups excluding carboxylic acids is 2. The Morgan fingerprint density at radius 2 is 1.82 bits per heavy atom. The number of benzene rings is 1. The quantitative estimate of drug-likeness (QED) is 0.790. The van der Waals surface area contributed by atoms with E-state index >= 15 is 0 Å². The van der Waals surface area contributed by atoms with Gasteiger partial charge in [-0.25, -0.2) is 4.39 Å². The number of ether oxygens (including phenoxy) is 1. The van der Waals surface area contributed by atoms with E-state index in [2.05, 4.69) is 10.2 Å². The molecule has 9 heteroatoms. The van der Waals surface area contributed by atoms with Crippen molar-refractivity contribution < 1.29 is 18.7 Å². The molecule has 1 aromatic heterocycles. The number of halogens is 1. The Hall–Kier alpha value is -2.97. The van der Waals surface area contributed by atoms with E-state index in [9.17, 15) is 14.0 Å². The highest BCUT2D eigenvalue weighted by Crippen LogP contribution is 2.28. The van der Waals surface area contributed by atoms with Gasteiger partial charge < -0.3 is 19.1 Å². The number of hydrogen-bond acceptors (Lipinski definition) is 5. The van der Waals surface area contributed by atoms with Crippen LogP contribution in [0.5, 0.6) is 5.75 Å². The largest absolute Gasteiger partial charge is 0.484 e. The molecule has 1 saturated heterocycles. The number of nitrogens with zero attached hydrogens (tertiary/aromatic N) is 5. The van der Waals surface area contributed by atoms with Crippen LogP contribution >= 0.6 is 0 Å². The summed E-state index contributed by atoms with van der Waals surface area (Å²) in [6.45, 7) is 3.89. The lowest BCUT2D eigenvalue weighted by Crippen LogP contribution is -2.50. The molecule has 1 atom stereocenters. The molecule has 8 nitrogen and oxygen atoms in total. The van der Waals surface area contributed by atoms with Crippen molar-refractivity contribution in [3.05, 3.63) is 41.7 Å². The number of fused-ring (bicyclic) bond motifs is 1. The van der Waals surface area contributed by atoms with E-state index in [0.717, 1.165) is 18.7 Å². The van der Waals surface area contributed by atoms with Crippen molar-refractivity contribution in [1.82, 2.24) is 24.6 Å². The fraction of sp³-hybridized carbons (Fsp3) is 0.474. The van der Waals surface area contributed by atoms with Crippen LogP contribution in [0.25, 0.3) is 0 Å². The maximum absolute atomic E-state index is 13.2. The highest BCUT2D eigenvalue weighted by atomic mass is 19.1. The van der Waals surface area contributed by atoms with Crippen molar-refractivity contribution in [3.8, 4) is 5.75 Å². The molecule has 0 radical (unpaired) electrons. The third kappa shape index (κ3) is 3.44. The van der Waals surface area contributed by atoms with Crippen LogP contribution in [-0.4, -0.2) is 62.6 Å². The van der Waals surface area contributed by atoms with Gasteiger partial charge in [-0.3, -0.25) is 9.59 Å². The summed E-state index contributed by atoms with van der Waals surface area (Å²) in [5.74, 6) is 0.809. The topological polar surface area (TPSA) is 80.6 Å². The predicted molar refractivity (Wildman–Crippen MR) is 96.9 cm³/mol.